The van der Waals surface area contributed by atoms with Crippen LogP contribution in [0.15, 0.2) is 36.4 Å². The molecule has 43 heavy (non-hydrogen) atoms. The maximum Gasteiger partial charge on any atom is 0.416 e. The van der Waals surface area contributed by atoms with E-state index in [0.717, 1.165) is 18.0 Å². The van der Waals surface area contributed by atoms with Gasteiger partial charge in [0.1, 0.15) is 5.84 Å². The summed E-state index contributed by atoms with van der Waals surface area (Å²) in [4.78, 5) is 16.3. The molecule has 12 heteroatoms. The Kier molecular flexibility index (Phi) is 6.88. The van der Waals surface area contributed by atoms with Gasteiger partial charge in [0.15, 0.2) is 0 Å². The van der Waals surface area contributed by atoms with Gasteiger partial charge in [-0.1, -0.05) is 12.1 Å². The third-order valence-corrected chi connectivity index (χ3v) is 9.80. The van der Waals surface area contributed by atoms with Gasteiger partial charge in [-0.3, -0.25) is 15.6 Å². The van der Waals surface area contributed by atoms with E-state index in [1.165, 1.54) is 15.9 Å². The van der Waals surface area contributed by atoms with Crippen LogP contribution in [0.25, 0.3) is 0 Å². The molecule has 1 amide bonds. The van der Waals surface area contributed by atoms with E-state index in [0.29, 0.717) is 18.5 Å². The molecule has 4 aliphatic rings. The molecule has 2 unspecified atom stereocenters. The largest absolute Gasteiger partial charge is 0.416 e. The van der Waals surface area contributed by atoms with Crippen molar-refractivity contribution in [2.24, 2.45) is 17.8 Å². The molecule has 1 aliphatic heterocycles. The zero-order valence-corrected chi connectivity index (χ0v) is 23.4. The normalized spacial score (nSPS) is 28.5. The third-order valence-electron chi connectivity index (χ3n) is 9.80. The van der Waals surface area contributed by atoms with Gasteiger partial charge in [0.25, 0.3) is 11.8 Å². The maximum absolute atomic E-state index is 14.2. The van der Waals surface area contributed by atoms with Crippen molar-refractivity contribution in [3.63, 3.8) is 0 Å². The predicted molar refractivity (Wildman–Crippen MR) is 149 cm³/mol. The number of hydrogen-bond donors (Lipinski definition) is 3. The number of nitrogens with zero attached hydrogens (tertiary/aromatic N) is 3. The number of rotatable bonds is 8. The molecule has 3 fully saturated rings. The number of nitriles is 1. The lowest BCUT2D eigenvalue weighted by Gasteiger charge is -2.46. The van der Waals surface area contributed by atoms with Crippen molar-refractivity contribution in [3.05, 3.63) is 64.2 Å². The van der Waals surface area contributed by atoms with Crippen LogP contribution in [0.5, 0.6) is 0 Å². The number of carbonyl (C=O) groups excluding carboxylic acids is 1. The van der Waals surface area contributed by atoms with E-state index in [-0.39, 0.29) is 66.8 Å². The zero-order chi connectivity index (χ0) is 30.9. The molecule has 6 rings (SSSR count). The summed E-state index contributed by atoms with van der Waals surface area (Å²) in [5.74, 6) is -4.51. The molecular weight excluding hydrogens is 567 g/mol. The highest BCUT2D eigenvalue weighted by Gasteiger charge is 2.71. The first kappa shape index (κ1) is 29.2. The molecule has 3 N–H and O–H groups in total. The first-order valence-electron chi connectivity index (χ1n) is 14.2. The number of anilines is 1. The summed E-state index contributed by atoms with van der Waals surface area (Å²) in [6.07, 6.45) is -1.85. The van der Waals surface area contributed by atoms with Crippen LogP contribution in [0, 0.1) is 39.9 Å². The van der Waals surface area contributed by atoms with Gasteiger partial charge in [0.2, 0.25) is 0 Å². The highest BCUT2D eigenvalue weighted by Crippen LogP contribution is 2.64. The summed E-state index contributed by atoms with van der Waals surface area (Å²) in [7, 11) is 1.59. The molecule has 1 heterocycles. The van der Waals surface area contributed by atoms with E-state index in [1.807, 2.05) is 6.07 Å². The monoisotopic (exact) mass is 598 g/mol. The first-order valence-corrected chi connectivity index (χ1v) is 14.2. The third kappa shape index (κ3) is 4.97. The first-order chi connectivity index (χ1) is 20.3. The van der Waals surface area contributed by atoms with E-state index < -0.39 is 40.8 Å². The Balaban J connectivity index is 1.25. The van der Waals surface area contributed by atoms with E-state index >= 15 is 0 Å². The molecule has 2 atom stereocenters. The number of fused-ring (bicyclic) bond motifs is 2. The van der Waals surface area contributed by atoms with E-state index in [4.69, 9.17) is 10.8 Å². The molecule has 7 nitrogen and oxygen atoms in total. The molecular formula is C31H31F5N6O. The van der Waals surface area contributed by atoms with Crippen LogP contribution in [-0.4, -0.2) is 42.0 Å². The van der Waals surface area contributed by atoms with Crippen LogP contribution >= 0.6 is 0 Å². The summed E-state index contributed by atoms with van der Waals surface area (Å²) in [6, 6.07) is 11.5. The van der Waals surface area contributed by atoms with Gasteiger partial charge < -0.3 is 15.1 Å². The zero-order valence-electron chi connectivity index (χ0n) is 23.4. The summed E-state index contributed by atoms with van der Waals surface area (Å²) in [6.45, 7) is -0.227. The molecule has 3 aliphatic carbocycles. The van der Waals surface area contributed by atoms with E-state index in [9.17, 15) is 32.0 Å². The Hall–Kier alpha value is -3.85. The Morgan fingerprint density at radius 3 is 2.53 bits per heavy atom. The standard InChI is InChI=1S/C31H31F5N6O/c1-41(16-38)27(39)12-29(10-18(11-29)13-37)19-3-2-4-21(7-19)42-15-23-22(28(42)43)5-17(6-24(23)31(34,35)36)14-40-20-8-25-26(9-20)30(25,32)33/h2-7,16,18,20,25-26,38-40H,8-12,14-15H2,1H3/t18-,20?,25?,26?,29-. The molecule has 0 bridgehead atoms. The van der Waals surface area contributed by atoms with Gasteiger partial charge in [-0.05, 0) is 66.6 Å². The number of amides is 1. The molecule has 226 valence electrons. The van der Waals surface area contributed by atoms with Crippen molar-refractivity contribution in [1.29, 1.82) is 16.1 Å². The number of amidine groups is 1. The minimum atomic E-state index is -4.70. The number of hydrogen-bond acceptors (Lipinski definition) is 5. The lowest BCUT2D eigenvalue weighted by Crippen LogP contribution is -2.44. The van der Waals surface area contributed by atoms with Crippen molar-refractivity contribution in [2.45, 2.75) is 68.7 Å². The van der Waals surface area contributed by atoms with Crippen molar-refractivity contribution < 1.29 is 26.7 Å². The van der Waals surface area contributed by atoms with Crippen LogP contribution in [0.1, 0.15) is 64.7 Å². The molecule has 3 saturated carbocycles. The van der Waals surface area contributed by atoms with Gasteiger partial charge in [-0.25, -0.2) is 8.78 Å². The van der Waals surface area contributed by atoms with Crippen LogP contribution in [0.2, 0.25) is 0 Å². The van der Waals surface area contributed by atoms with Gasteiger partial charge in [0, 0.05) is 60.5 Å². The Morgan fingerprint density at radius 1 is 1.21 bits per heavy atom. The maximum atomic E-state index is 14.2. The van der Waals surface area contributed by atoms with Gasteiger partial charge in [-0.15, -0.1) is 0 Å². The van der Waals surface area contributed by atoms with Crippen molar-refractivity contribution in [2.75, 3.05) is 11.9 Å². The van der Waals surface area contributed by atoms with Crippen LogP contribution in [0.3, 0.4) is 0 Å². The van der Waals surface area contributed by atoms with Crippen LogP contribution in [0.4, 0.5) is 27.6 Å². The highest BCUT2D eigenvalue weighted by atomic mass is 19.4. The lowest BCUT2D eigenvalue weighted by atomic mass is 9.57. The van der Waals surface area contributed by atoms with Crippen LogP contribution < -0.4 is 10.2 Å². The number of carbonyl (C=O) groups is 1. The number of nitrogens with one attached hydrogen (secondary N) is 3. The number of alkyl halides is 5. The molecule has 0 aromatic heterocycles. The molecule has 2 aromatic rings. The molecule has 0 saturated heterocycles. The minimum Gasteiger partial charge on any atom is -0.325 e. The second-order valence-corrected chi connectivity index (χ2v) is 12.4. The summed E-state index contributed by atoms with van der Waals surface area (Å²) in [5, 5.41) is 28.4. The minimum absolute atomic E-state index is 0.0323. The fourth-order valence-corrected chi connectivity index (χ4v) is 7.26. The summed E-state index contributed by atoms with van der Waals surface area (Å²) in [5.41, 5.74) is -0.117. The quantitative estimate of drug-likeness (QED) is 0.195. The Morgan fingerprint density at radius 2 is 1.91 bits per heavy atom. The Bertz CT molecular complexity index is 1530. The summed E-state index contributed by atoms with van der Waals surface area (Å²) < 4.78 is 69.8. The van der Waals surface area contributed by atoms with Crippen molar-refractivity contribution in [3.8, 4) is 6.07 Å². The van der Waals surface area contributed by atoms with Gasteiger partial charge >= 0.3 is 6.18 Å². The highest BCUT2D eigenvalue weighted by molar-refractivity contribution is 6.10. The number of benzene rings is 2. The topological polar surface area (TPSA) is 107 Å². The number of halogens is 5. The van der Waals surface area contributed by atoms with Crippen LogP contribution in [-0.2, 0) is 24.7 Å². The molecule has 0 spiro atoms. The smallest absolute Gasteiger partial charge is 0.325 e. The fourth-order valence-electron chi connectivity index (χ4n) is 7.26. The summed E-state index contributed by atoms with van der Waals surface area (Å²) >= 11 is 0. The second-order valence-electron chi connectivity index (χ2n) is 12.4. The average Bonchev–Trinajstić information content (AvgIpc) is 3.29. The van der Waals surface area contributed by atoms with Crippen molar-refractivity contribution >= 4 is 23.8 Å². The molecule has 2 aromatic carbocycles. The second kappa shape index (κ2) is 10.1. The SMILES string of the molecule is CN(C=N)C(=N)C[C@]1(c2cccc(N3Cc4c(cc(CNC5CC6C(C5)C6(F)F)cc4C(F)(F)F)C3=O)c2)C[C@H](C#N)C1. The van der Waals surface area contributed by atoms with Gasteiger partial charge in [-0.2, -0.15) is 18.4 Å². The average molecular weight is 599 g/mol. The van der Waals surface area contributed by atoms with Crippen molar-refractivity contribution in [1.82, 2.24) is 10.2 Å². The molecule has 0 radical (unpaired) electrons. The van der Waals surface area contributed by atoms with E-state index in [2.05, 4.69) is 11.4 Å². The predicted octanol–water partition coefficient (Wildman–Crippen LogP) is 6.08. The van der Waals surface area contributed by atoms with E-state index in [1.54, 1.807) is 25.2 Å². The van der Waals surface area contributed by atoms with Gasteiger partial charge in [0.05, 0.1) is 24.5 Å². The lowest BCUT2D eigenvalue weighted by molar-refractivity contribution is -0.138. The Labute approximate surface area is 245 Å². The fraction of sp³-hybridized carbons (Fsp3) is 0.484.